The van der Waals surface area contributed by atoms with Gasteiger partial charge in [-0.1, -0.05) is 25.1 Å². The largest absolute Gasteiger partial charge is 0.370 e. The molecule has 0 unspecified atom stereocenters. The van der Waals surface area contributed by atoms with Crippen LogP contribution in [-0.2, 0) is 13.5 Å². The van der Waals surface area contributed by atoms with Gasteiger partial charge in [0.15, 0.2) is 0 Å². The monoisotopic (exact) mass is 277 g/mol. The fourth-order valence-corrected chi connectivity index (χ4v) is 2.79. The lowest BCUT2D eigenvalue weighted by atomic mass is 10.2. The van der Waals surface area contributed by atoms with Gasteiger partial charge < -0.3 is 5.32 Å². The molecule has 0 atom stereocenters. The van der Waals surface area contributed by atoms with Crippen LogP contribution in [0.5, 0.6) is 0 Å². The molecule has 0 aliphatic heterocycles. The minimum atomic E-state index is 0.866. The molecule has 0 saturated heterocycles. The predicted molar refractivity (Wildman–Crippen MR) is 77.5 cm³/mol. The topological polar surface area (TPSA) is 55.6 Å². The Labute approximate surface area is 117 Å². The second kappa shape index (κ2) is 6.56. The number of nitrogens with one attached hydrogen (secondary N) is 1. The van der Waals surface area contributed by atoms with Gasteiger partial charge in [0.05, 0.1) is 11.1 Å². The Morgan fingerprint density at radius 1 is 1.32 bits per heavy atom. The highest BCUT2D eigenvalue weighted by molar-refractivity contribution is 7.99. The van der Waals surface area contributed by atoms with Crippen LogP contribution in [0.2, 0.25) is 0 Å². The first-order chi connectivity index (χ1) is 9.24. The summed E-state index contributed by atoms with van der Waals surface area (Å²) in [6.07, 6.45) is 7.53. The molecular formula is C13H19N5S. The first-order valence-electron chi connectivity index (χ1n) is 6.48. The normalized spacial score (nSPS) is 10.7. The van der Waals surface area contributed by atoms with Crippen LogP contribution >= 0.6 is 11.8 Å². The zero-order valence-electron chi connectivity index (χ0n) is 11.6. The van der Waals surface area contributed by atoms with E-state index in [1.165, 1.54) is 5.56 Å². The molecule has 0 amide bonds. The number of hydrogen-bond acceptors (Lipinski definition) is 5. The first-order valence-corrected chi connectivity index (χ1v) is 7.30. The van der Waals surface area contributed by atoms with Crippen molar-refractivity contribution in [2.45, 2.75) is 36.6 Å². The van der Waals surface area contributed by atoms with Crippen LogP contribution in [0.4, 0.5) is 5.82 Å². The van der Waals surface area contributed by atoms with E-state index in [2.05, 4.69) is 34.2 Å². The summed E-state index contributed by atoms with van der Waals surface area (Å²) in [7, 11) is 1.92. The van der Waals surface area contributed by atoms with Gasteiger partial charge in [-0.15, -0.1) is 0 Å². The molecule has 2 rings (SSSR count). The number of rotatable bonds is 6. The third kappa shape index (κ3) is 3.47. The van der Waals surface area contributed by atoms with E-state index in [-0.39, 0.29) is 0 Å². The highest BCUT2D eigenvalue weighted by atomic mass is 32.2. The number of aryl methyl sites for hydroxylation is 1. The number of hydrogen-bond donors (Lipinski definition) is 1. The molecule has 0 spiro atoms. The third-order valence-corrected chi connectivity index (χ3v) is 3.64. The highest BCUT2D eigenvalue weighted by Crippen LogP contribution is 2.31. The maximum Gasteiger partial charge on any atom is 0.133 e. The second-order valence-electron chi connectivity index (χ2n) is 4.24. The Morgan fingerprint density at radius 3 is 2.79 bits per heavy atom. The van der Waals surface area contributed by atoms with E-state index < -0.39 is 0 Å². The zero-order valence-corrected chi connectivity index (χ0v) is 12.4. The molecule has 0 aliphatic carbocycles. The van der Waals surface area contributed by atoms with Crippen LogP contribution in [0.1, 0.15) is 25.8 Å². The summed E-state index contributed by atoms with van der Waals surface area (Å²) in [6, 6.07) is 0. The van der Waals surface area contributed by atoms with E-state index in [9.17, 15) is 0 Å². The average Bonchev–Trinajstić information content (AvgIpc) is 2.79. The summed E-state index contributed by atoms with van der Waals surface area (Å²) in [6.45, 7) is 5.11. The average molecular weight is 277 g/mol. The van der Waals surface area contributed by atoms with Crippen LogP contribution in [-0.4, -0.2) is 26.3 Å². The van der Waals surface area contributed by atoms with Gasteiger partial charge in [-0.2, -0.15) is 5.10 Å². The molecule has 0 aliphatic rings. The van der Waals surface area contributed by atoms with E-state index in [1.807, 2.05) is 19.4 Å². The summed E-state index contributed by atoms with van der Waals surface area (Å²) in [5.41, 5.74) is 1.20. The molecule has 2 heterocycles. The minimum Gasteiger partial charge on any atom is -0.370 e. The quantitative estimate of drug-likeness (QED) is 0.823. The molecule has 2 aromatic heterocycles. The number of nitrogens with zero attached hydrogens (tertiary/aromatic N) is 4. The number of anilines is 1. The molecular weight excluding hydrogens is 258 g/mol. The zero-order chi connectivity index (χ0) is 13.7. The molecule has 6 heteroatoms. The predicted octanol–water partition coefficient (Wildman–Crippen LogP) is 2.75. The van der Waals surface area contributed by atoms with Crippen LogP contribution in [0.25, 0.3) is 0 Å². The van der Waals surface area contributed by atoms with Gasteiger partial charge in [-0.25, -0.2) is 9.97 Å². The summed E-state index contributed by atoms with van der Waals surface area (Å²) in [5.74, 6) is 0.950. The summed E-state index contributed by atoms with van der Waals surface area (Å²) >= 11 is 1.64. The van der Waals surface area contributed by atoms with Crippen molar-refractivity contribution in [1.29, 1.82) is 0 Å². The molecule has 102 valence electrons. The molecule has 0 radical (unpaired) electrons. The Hall–Kier alpha value is -1.56. The van der Waals surface area contributed by atoms with E-state index in [0.717, 1.165) is 35.1 Å². The van der Waals surface area contributed by atoms with Gasteiger partial charge >= 0.3 is 0 Å². The van der Waals surface area contributed by atoms with Crippen molar-refractivity contribution in [3.63, 3.8) is 0 Å². The third-order valence-electron chi connectivity index (χ3n) is 2.65. The van der Waals surface area contributed by atoms with Gasteiger partial charge in [0.1, 0.15) is 17.2 Å². The molecule has 19 heavy (non-hydrogen) atoms. The molecule has 1 N–H and O–H groups in total. The van der Waals surface area contributed by atoms with Crippen molar-refractivity contribution in [2.24, 2.45) is 7.05 Å². The van der Waals surface area contributed by atoms with Crippen LogP contribution < -0.4 is 5.32 Å². The Kier molecular flexibility index (Phi) is 4.79. The van der Waals surface area contributed by atoms with Crippen LogP contribution in [0, 0.1) is 0 Å². The Balaban J connectivity index is 2.29. The Morgan fingerprint density at radius 2 is 2.16 bits per heavy atom. The maximum atomic E-state index is 4.42. The fraction of sp³-hybridized carbons (Fsp3) is 0.462. The number of aromatic nitrogens is 4. The molecule has 5 nitrogen and oxygen atoms in total. The molecule has 0 fully saturated rings. The second-order valence-corrected chi connectivity index (χ2v) is 5.30. The summed E-state index contributed by atoms with van der Waals surface area (Å²) in [4.78, 5) is 9.86. The van der Waals surface area contributed by atoms with E-state index in [0.29, 0.717) is 0 Å². The van der Waals surface area contributed by atoms with Crippen molar-refractivity contribution in [3.8, 4) is 0 Å². The van der Waals surface area contributed by atoms with Gasteiger partial charge in [0.25, 0.3) is 0 Å². The van der Waals surface area contributed by atoms with E-state index >= 15 is 0 Å². The van der Waals surface area contributed by atoms with E-state index in [4.69, 9.17) is 0 Å². The fourth-order valence-electron chi connectivity index (χ4n) is 1.84. The SMILES string of the molecule is CCCc1c(NCC)ncnc1Sc1cnn(C)c1. The smallest absolute Gasteiger partial charge is 0.133 e. The molecule has 0 bridgehead atoms. The standard InChI is InChI=1S/C13H19N5S/c1-4-6-11-12(14-5-2)15-9-16-13(11)19-10-7-17-18(3)8-10/h7-9H,4-6H2,1-3H3,(H,14,15,16). The van der Waals surface area contributed by atoms with Gasteiger partial charge in [0.2, 0.25) is 0 Å². The molecule has 2 aromatic rings. The minimum absolute atomic E-state index is 0.866. The van der Waals surface area contributed by atoms with Gasteiger partial charge in [-0.05, 0) is 13.3 Å². The summed E-state index contributed by atoms with van der Waals surface area (Å²) in [5, 5.41) is 8.51. The highest BCUT2D eigenvalue weighted by Gasteiger charge is 2.12. The molecule has 0 saturated carbocycles. The van der Waals surface area contributed by atoms with Crippen molar-refractivity contribution in [1.82, 2.24) is 19.7 Å². The Bertz CT molecular complexity index is 538. The first kappa shape index (κ1) is 13.9. The lowest BCUT2D eigenvalue weighted by molar-refractivity contribution is 0.766. The van der Waals surface area contributed by atoms with E-state index in [1.54, 1.807) is 22.8 Å². The van der Waals surface area contributed by atoms with Crippen molar-refractivity contribution < 1.29 is 0 Å². The maximum absolute atomic E-state index is 4.42. The van der Waals surface area contributed by atoms with Gasteiger partial charge in [0, 0.05) is 25.4 Å². The lowest BCUT2D eigenvalue weighted by Crippen LogP contribution is -2.05. The van der Waals surface area contributed by atoms with Crippen molar-refractivity contribution in [2.75, 3.05) is 11.9 Å². The van der Waals surface area contributed by atoms with Crippen molar-refractivity contribution >= 4 is 17.6 Å². The van der Waals surface area contributed by atoms with Crippen molar-refractivity contribution in [3.05, 3.63) is 24.3 Å². The van der Waals surface area contributed by atoms with Gasteiger partial charge in [-0.3, -0.25) is 4.68 Å². The summed E-state index contributed by atoms with van der Waals surface area (Å²) < 4.78 is 1.80. The lowest BCUT2D eigenvalue weighted by Gasteiger charge is -2.11. The molecule has 0 aromatic carbocycles. The van der Waals surface area contributed by atoms with Crippen LogP contribution in [0.15, 0.2) is 28.6 Å². The van der Waals surface area contributed by atoms with Crippen LogP contribution in [0.3, 0.4) is 0 Å².